The standard InChI is InChI=1S/C14H18N2O2/c1-10(2)18-13-6-4-12(5-7-13)16-14(17)8-11(3)9-15/h4-7,10-11H,8H2,1-3H3,(H,16,17). The van der Waals surface area contributed by atoms with Gasteiger partial charge in [-0.25, -0.2) is 0 Å². The van der Waals surface area contributed by atoms with Crippen molar-refractivity contribution in [1.82, 2.24) is 0 Å². The Morgan fingerprint density at radius 1 is 1.33 bits per heavy atom. The lowest BCUT2D eigenvalue weighted by Gasteiger charge is -2.10. The predicted molar refractivity (Wildman–Crippen MR) is 70.2 cm³/mol. The third-order valence-electron chi connectivity index (χ3n) is 2.22. The summed E-state index contributed by atoms with van der Waals surface area (Å²) in [5.74, 6) is 0.350. The molecule has 4 heteroatoms. The van der Waals surface area contributed by atoms with Crippen LogP contribution in [0.1, 0.15) is 27.2 Å². The molecule has 1 N–H and O–H groups in total. The molecule has 0 aliphatic carbocycles. The third-order valence-corrected chi connectivity index (χ3v) is 2.22. The van der Waals surface area contributed by atoms with Gasteiger partial charge in [-0.1, -0.05) is 0 Å². The zero-order valence-electron chi connectivity index (χ0n) is 10.9. The van der Waals surface area contributed by atoms with Crippen molar-refractivity contribution in [1.29, 1.82) is 5.26 Å². The largest absolute Gasteiger partial charge is 0.491 e. The van der Waals surface area contributed by atoms with Crippen LogP contribution in [-0.2, 0) is 4.79 Å². The summed E-state index contributed by atoms with van der Waals surface area (Å²) in [7, 11) is 0. The van der Waals surface area contributed by atoms with E-state index in [1.807, 2.05) is 32.0 Å². The van der Waals surface area contributed by atoms with Crippen molar-refractivity contribution in [2.45, 2.75) is 33.3 Å². The maximum absolute atomic E-state index is 11.6. The first-order chi connectivity index (χ1) is 8.51. The van der Waals surface area contributed by atoms with Crippen LogP contribution >= 0.6 is 0 Å². The molecule has 4 nitrogen and oxygen atoms in total. The van der Waals surface area contributed by atoms with Crippen LogP contribution in [0.15, 0.2) is 24.3 Å². The van der Waals surface area contributed by atoms with E-state index in [1.165, 1.54) is 0 Å². The number of amides is 1. The van der Waals surface area contributed by atoms with Gasteiger partial charge < -0.3 is 10.1 Å². The van der Waals surface area contributed by atoms with Crippen molar-refractivity contribution >= 4 is 11.6 Å². The molecule has 1 aromatic carbocycles. The van der Waals surface area contributed by atoms with Crippen LogP contribution in [0, 0.1) is 17.2 Å². The summed E-state index contributed by atoms with van der Waals surface area (Å²) in [4.78, 5) is 11.6. The lowest BCUT2D eigenvalue weighted by atomic mass is 10.1. The second-order valence-electron chi connectivity index (χ2n) is 4.47. The van der Waals surface area contributed by atoms with E-state index in [0.717, 1.165) is 5.75 Å². The minimum Gasteiger partial charge on any atom is -0.491 e. The van der Waals surface area contributed by atoms with E-state index in [1.54, 1.807) is 19.1 Å². The van der Waals surface area contributed by atoms with Gasteiger partial charge in [-0.05, 0) is 45.0 Å². The molecular formula is C14H18N2O2. The number of carbonyl (C=O) groups is 1. The average Bonchev–Trinajstić information content (AvgIpc) is 2.30. The maximum Gasteiger partial charge on any atom is 0.225 e. The van der Waals surface area contributed by atoms with E-state index in [9.17, 15) is 4.79 Å². The van der Waals surface area contributed by atoms with Crippen molar-refractivity contribution in [2.24, 2.45) is 5.92 Å². The monoisotopic (exact) mass is 246 g/mol. The van der Waals surface area contributed by atoms with Crippen LogP contribution in [0.25, 0.3) is 0 Å². The molecule has 96 valence electrons. The molecule has 0 fully saturated rings. The molecule has 1 aromatic rings. The molecule has 1 amide bonds. The van der Waals surface area contributed by atoms with Gasteiger partial charge in [0.05, 0.1) is 18.1 Å². The molecule has 0 aliphatic rings. The average molecular weight is 246 g/mol. The van der Waals surface area contributed by atoms with Crippen molar-refractivity contribution < 1.29 is 9.53 Å². The SMILES string of the molecule is CC(C#N)CC(=O)Nc1ccc(OC(C)C)cc1. The fourth-order valence-corrected chi connectivity index (χ4v) is 1.42. The predicted octanol–water partition coefficient (Wildman–Crippen LogP) is 2.96. The number of nitrogens with one attached hydrogen (secondary N) is 1. The summed E-state index contributed by atoms with van der Waals surface area (Å²) in [5.41, 5.74) is 0.709. The number of nitriles is 1. The van der Waals surface area contributed by atoms with Gasteiger partial charge in [0, 0.05) is 12.1 Å². The molecule has 0 saturated heterocycles. The number of ether oxygens (including phenoxy) is 1. The van der Waals surface area contributed by atoms with Gasteiger partial charge in [-0.15, -0.1) is 0 Å². The Morgan fingerprint density at radius 2 is 1.94 bits per heavy atom. The Balaban J connectivity index is 2.53. The van der Waals surface area contributed by atoms with Crippen LogP contribution in [0.4, 0.5) is 5.69 Å². The molecule has 0 aromatic heterocycles. The Hall–Kier alpha value is -2.02. The molecular weight excluding hydrogens is 228 g/mol. The van der Waals surface area contributed by atoms with Crippen LogP contribution < -0.4 is 10.1 Å². The van der Waals surface area contributed by atoms with Crippen molar-refractivity contribution in [3.8, 4) is 11.8 Å². The molecule has 0 bridgehead atoms. The first kappa shape index (κ1) is 14.0. The van der Waals surface area contributed by atoms with Crippen LogP contribution in [0.3, 0.4) is 0 Å². The topological polar surface area (TPSA) is 62.1 Å². The highest BCUT2D eigenvalue weighted by molar-refractivity contribution is 5.91. The van der Waals surface area contributed by atoms with Crippen LogP contribution in [0.2, 0.25) is 0 Å². The van der Waals surface area contributed by atoms with Gasteiger partial charge in [0.1, 0.15) is 5.75 Å². The lowest BCUT2D eigenvalue weighted by Crippen LogP contribution is -2.14. The van der Waals surface area contributed by atoms with E-state index in [-0.39, 0.29) is 24.3 Å². The fourth-order valence-electron chi connectivity index (χ4n) is 1.42. The number of nitrogens with zero attached hydrogens (tertiary/aromatic N) is 1. The molecule has 0 heterocycles. The highest BCUT2D eigenvalue weighted by atomic mass is 16.5. The van der Waals surface area contributed by atoms with E-state index >= 15 is 0 Å². The van der Waals surface area contributed by atoms with Crippen molar-refractivity contribution in [3.63, 3.8) is 0 Å². The van der Waals surface area contributed by atoms with Crippen LogP contribution in [0.5, 0.6) is 5.75 Å². The Labute approximate surface area is 108 Å². The first-order valence-corrected chi connectivity index (χ1v) is 5.97. The molecule has 0 aliphatic heterocycles. The molecule has 0 spiro atoms. The highest BCUT2D eigenvalue weighted by Gasteiger charge is 2.08. The normalized spacial score (nSPS) is 11.7. The summed E-state index contributed by atoms with van der Waals surface area (Å²) in [5, 5.41) is 11.4. The summed E-state index contributed by atoms with van der Waals surface area (Å²) in [6, 6.07) is 9.22. The summed E-state index contributed by atoms with van der Waals surface area (Å²) in [6.07, 6.45) is 0.336. The quantitative estimate of drug-likeness (QED) is 0.868. The Morgan fingerprint density at radius 3 is 2.44 bits per heavy atom. The van der Waals surface area contributed by atoms with Gasteiger partial charge in [-0.2, -0.15) is 5.26 Å². The Kier molecular flexibility index (Phi) is 5.19. The van der Waals surface area contributed by atoms with Gasteiger partial charge in [0.25, 0.3) is 0 Å². The highest BCUT2D eigenvalue weighted by Crippen LogP contribution is 2.17. The lowest BCUT2D eigenvalue weighted by molar-refractivity contribution is -0.116. The minimum atomic E-state index is -0.270. The maximum atomic E-state index is 11.6. The number of benzene rings is 1. The van der Waals surface area contributed by atoms with Crippen molar-refractivity contribution in [2.75, 3.05) is 5.32 Å². The number of hydrogen-bond donors (Lipinski definition) is 1. The minimum absolute atomic E-state index is 0.127. The summed E-state index contributed by atoms with van der Waals surface area (Å²) >= 11 is 0. The molecule has 1 rings (SSSR count). The van der Waals surface area contributed by atoms with E-state index in [2.05, 4.69) is 5.32 Å². The van der Waals surface area contributed by atoms with E-state index in [0.29, 0.717) is 5.69 Å². The second kappa shape index (κ2) is 6.65. The third kappa shape index (κ3) is 4.88. The zero-order valence-corrected chi connectivity index (χ0v) is 10.9. The summed E-state index contributed by atoms with van der Waals surface area (Å²) < 4.78 is 5.50. The van der Waals surface area contributed by atoms with E-state index < -0.39 is 0 Å². The number of rotatable bonds is 5. The molecule has 1 atom stereocenters. The van der Waals surface area contributed by atoms with Crippen LogP contribution in [-0.4, -0.2) is 12.0 Å². The van der Waals surface area contributed by atoms with Crippen molar-refractivity contribution in [3.05, 3.63) is 24.3 Å². The number of carbonyl (C=O) groups excluding carboxylic acids is 1. The number of hydrogen-bond acceptors (Lipinski definition) is 3. The van der Waals surface area contributed by atoms with Gasteiger partial charge in [0.2, 0.25) is 5.91 Å². The Bertz CT molecular complexity index is 432. The van der Waals surface area contributed by atoms with Gasteiger partial charge in [-0.3, -0.25) is 4.79 Å². The van der Waals surface area contributed by atoms with E-state index in [4.69, 9.17) is 10.00 Å². The molecule has 0 saturated carbocycles. The first-order valence-electron chi connectivity index (χ1n) is 5.97. The van der Waals surface area contributed by atoms with Gasteiger partial charge in [0.15, 0.2) is 0 Å². The summed E-state index contributed by atoms with van der Waals surface area (Å²) in [6.45, 7) is 5.64. The number of anilines is 1. The molecule has 1 unspecified atom stereocenters. The van der Waals surface area contributed by atoms with Gasteiger partial charge >= 0.3 is 0 Å². The fraction of sp³-hybridized carbons (Fsp3) is 0.429. The smallest absolute Gasteiger partial charge is 0.225 e. The zero-order chi connectivity index (χ0) is 13.5. The molecule has 0 radical (unpaired) electrons. The molecule has 18 heavy (non-hydrogen) atoms. The second-order valence-corrected chi connectivity index (χ2v) is 4.47.